The number of nitrogens with zero attached hydrogens (tertiary/aromatic N) is 2. The largest absolute Gasteiger partial charge is 0.480 e. The summed E-state index contributed by atoms with van der Waals surface area (Å²) in [5.74, 6) is -1.09. The monoisotopic (exact) mass is 294 g/mol. The second-order valence-corrected chi connectivity index (χ2v) is 6.78. The molecule has 1 heterocycles. The average Bonchev–Trinajstić information content (AvgIpc) is 2.38. The lowest BCUT2D eigenvalue weighted by molar-refractivity contribution is -0.142. The highest BCUT2D eigenvalue weighted by atomic mass is 32.2. The van der Waals surface area contributed by atoms with E-state index in [1.165, 1.54) is 14.2 Å². The molecular formula is C11H22N2O5S. The molecule has 0 bridgehead atoms. The molecule has 8 heteroatoms. The summed E-state index contributed by atoms with van der Waals surface area (Å²) in [5, 5.41) is 9.13. The molecule has 1 rings (SSSR count). The van der Waals surface area contributed by atoms with E-state index >= 15 is 0 Å². The number of carboxylic acids is 1. The van der Waals surface area contributed by atoms with Crippen molar-refractivity contribution in [2.45, 2.75) is 38.3 Å². The van der Waals surface area contributed by atoms with Gasteiger partial charge in [-0.05, 0) is 26.2 Å². The lowest BCUT2D eigenvalue weighted by atomic mass is 10.1. The molecule has 0 spiro atoms. The van der Waals surface area contributed by atoms with Crippen LogP contribution < -0.4 is 0 Å². The smallest absolute Gasteiger partial charge is 0.322 e. The van der Waals surface area contributed by atoms with Crippen molar-refractivity contribution in [3.05, 3.63) is 0 Å². The van der Waals surface area contributed by atoms with E-state index in [0.717, 1.165) is 15.0 Å². The van der Waals surface area contributed by atoms with Crippen LogP contribution in [0.3, 0.4) is 0 Å². The fraction of sp³-hybridized carbons (Fsp3) is 0.909. The van der Waals surface area contributed by atoms with E-state index in [2.05, 4.69) is 0 Å². The maximum atomic E-state index is 12.4. The predicted octanol–water partition coefficient (Wildman–Crippen LogP) is 0.137. The van der Waals surface area contributed by atoms with Crippen molar-refractivity contribution in [1.82, 2.24) is 8.61 Å². The number of hydrogen-bond acceptors (Lipinski definition) is 4. The summed E-state index contributed by atoms with van der Waals surface area (Å²) in [4.78, 5) is 11.2. The van der Waals surface area contributed by atoms with E-state index in [9.17, 15) is 13.2 Å². The zero-order valence-corrected chi connectivity index (χ0v) is 12.4. The summed E-state index contributed by atoms with van der Waals surface area (Å²) >= 11 is 0. The number of likely N-dealkylation sites (N-methyl/N-ethyl adjacent to an activating group) is 1. The fourth-order valence-electron chi connectivity index (χ4n) is 2.14. The van der Waals surface area contributed by atoms with Crippen molar-refractivity contribution < 1.29 is 23.1 Å². The van der Waals surface area contributed by atoms with Crippen LogP contribution in [0.2, 0.25) is 0 Å². The highest BCUT2D eigenvalue weighted by molar-refractivity contribution is 7.86. The summed E-state index contributed by atoms with van der Waals surface area (Å²) in [7, 11) is -0.807. The molecule has 0 aromatic rings. The van der Waals surface area contributed by atoms with E-state index < -0.39 is 22.2 Å². The van der Waals surface area contributed by atoms with E-state index in [1.807, 2.05) is 0 Å². The Hall–Kier alpha value is -0.700. The van der Waals surface area contributed by atoms with Crippen LogP contribution in [0.25, 0.3) is 0 Å². The Morgan fingerprint density at radius 2 is 2.16 bits per heavy atom. The van der Waals surface area contributed by atoms with Gasteiger partial charge >= 0.3 is 5.97 Å². The highest BCUT2D eigenvalue weighted by Crippen LogP contribution is 2.22. The van der Waals surface area contributed by atoms with E-state index in [0.29, 0.717) is 12.8 Å². The van der Waals surface area contributed by atoms with Gasteiger partial charge in [-0.15, -0.1) is 0 Å². The Kier molecular flexibility index (Phi) is 5.72. The minimum absolute atomic E-state index is 0.196. The van der Waals surface area contributed by atoms with Gasteiger partial charge in [0.15, 0.2) is 0 Å². The van der Waals surface area contributed by atoms with Gasteiger partial charge in [-0.1, -0.05) is 0 Å². The molecule has 19 heavy (non-hydrogen) atoms. The molecule has 2 unspecified atom stereocenters. The van der Waals surface area contributed by atoms with E-state index in [-0.39, 0.29) is 19.2 Å². The van der Waals surface area contributed by atoms with E-state index in [1.54, 1.807) is 6.92 Å². The molecule has 0 aromatic carbocycles. The number of rotatable bonds is 6. The van der Waals surface area contributed by atoms with Crippen LogP contribution in [-0.2, 0) is 19.7 Å². The van der Waals surface area contributed by atoms with Gasteiger partial charge in [-0.2, -0.15) is 17.0 Å². The number of carbonyl (C=O) groups is 1. The molecule has 112 valence electrons. The molecule has 0 radical (unpaired) electrons. The molecule has 1 aliphatic heterocycles. The van der Waals surface area contributed by atoms with Crippen molar-refractivity contribution in [1.29, 1.82) is 0 Å². The molecular weight excluding hydrogens is 272 g/mol. The molecule has 0 amide bonds. The summed E-state index contributed by atoms with van der Waals surface area (Å²) in [6, 6.07) is -0.959. The average molecular weight is 294 g/mol. The molecule has 1 aliphatic rings. The molecule has 1 fully saturated rings. The Labute approximate surface area is 114 Å². The van der Waals surface area contributed by atoms with Gasteiger partial charge in [-0.25, -0.2) is 0 Å². The standard InChI is InChI=1S/C11H22N2O5S/c1-9(18-3)8-12(2)19(16,17)13-7-5-4-6-10(13)11(14)15/h9-10H,4-8H2,1-3H3,(H,14,15). The number of aliphatic carboxylic acids is 1. The maximum absolute atomic E-state index is 12.4. The third-order valence-electron chi connectivity index (χ3n) is 3.35. The van der Waals surface area contributed by atoms with Gasteiger partial charge < -0.3 is 9.84 Å². The van der Waals surface area contributed by atoms with Crippen LogP contribution in [-0.4, -0.2) is 67.5 Å². The Balaban J connectivity index is 2.87. The van der Waals surface area contributed by atoms with Crippen LogP contribution in [0, 0.1) is 0 Å². The van der Waals surface area contributed by atoms with Crippen LogP contribution in [0.5, 0.6) is 0 Å². The normalized spacial score (nSPS) is 23.5. The van der Waals surface area contributed by atoms with Crippen LogP contribution >= 0.6 is 0 Å². The van der Waals surface area contributed by atoms with Crippen molar-refractivity contribution >= 4 is 16.2 Å². The van der Waals surface area contributed by atoms with Gasteiger partial charge in [0.25, 0.3) is 10.2 Å². The second kappa shape index (κ2) is 6.65. The number of hydrogen-bond donors (Lipinski definition) is 1. The minimum Gasteiger partial charge on any atom is -0.480 e. The van der Waals surface area contributed by atoms with Crippen molar-refractivity contribution in [3.63, 3.8) is 0 Å². The van der Waals surface area contributed by atoms with Crippen LogP contribution in [0.15, 0.2) is 0 Å². The molecule has 2 atom stereocenters. The Bertz CT molecular complexity index is 411. The van der Waals surface area contributed by atoms with Gasteiger partial charge in [0.05, 0.1) is 6.10 Å². The summed E-state index contributed by atoms with van der Waals surface area (Å²) in [6.45, 7) is 2.21. The van der Waals surface area contributed by atoms with Crippen molar-refractivity contribution in [3.8, 4) is 0 Å². The van der Waals surface area contributed by atoms with Crippen LogP contribution in [0.4, 0.5) is 0 Å². The summed E-state index contributed by atoms with van der Waals surface area (Å²) in [5.41, 5.74) is 0. The molecule has 0 aromatic heterocycles. The minimum atomic E-state index is -3.76. The second-order valence-electron chi connectivity index (χ2n) is 4.80. The first-order chi connectivity index (χ1) is 8.80. The molecule has 1 N–H and O–H groups in total. The zero-order valence-electron chi connectivity index (χ0n) is 11.6. The lowest BCUT2D eigenvalue weighted by Crippen LogP contribution is -2.53. The SMILES string of the molecule is COC(C)CN(C)S(=O)(=O)N1CCCCC1C(=O)O. The first kappa shape index (κ1) is 16.4. The molecule has 1 saturated heterocycles. The quantitative estimate of drug-likeness (QED) is 0.753. The zero-order chi connectivity index (χ0) is 14.6. The number of ether oxygens (including phenoxy) is 1. The van der Waals surface area contributed by atoms with Gasteiger partial charge in [-0.3, -0.25) is 4.79 Å². The number of carboxylic acid groups (broad SMARTS) is 1. The van der Waals surface area contributed by atoms with E-state index in [4.69, 9.17) is 9.84 Å². The van der Waals surface area contributed by atoms with Crippen molar-refractivity contribution in [2.75, 3.05) is 27.2 Å². The summed E-state index contributed by atoms with van der Waals surface area (Å²) in [6.07, 6.45) is 1.55. The van der Waals surface area contributed by atoms with Gasteiger partial charge in [0, 0.05) is 27.2 Å². The summed E-state index contributed by atoms with van der Waals surface area (Å²) < 4.78 is 32.0. The molecule has 7 nitrogen and oxygen atoms in total. The fourth-order valence-corrected chi connectivity index (χ4v) is 3.77. The Morgan fingerprint density at radius 1 is 1.53 bits per heavy atom. The third kappa shape index (κ3) is 3.88. The van der Waals surface area contributed by atoms with Crippen molar-refractivity contribution in [2.24, 2.45) is 0 Å². The highest BCUT2D eigenvalue weighted by Gasteiger charge is 2.39. The Morgan fingerprint density at radius 3 is 2.68 bits per heavy atom. The first-order valence-electron chi connectivity index (χ1n) is 6.29. The number of methoxy groups -OCH3 is 1. The third-order valence-corrected chi connectivity index (χ3v) is 5.31. The van der Waals surface area contributed by atoms with Crippen LogP contribution in [0.1, 0.15) is 26.2 Å². The predicted molar refractivity (Wildman–Crippen MR) is 70.0 cm³/mol. The maximum Gasteiger partial charge on any atom is 0.322 e. The number of piperidine rings is 1. The molecule has 0 saturated carbocycles. The van der Waals surface area contributed by atoms with Gasteiger partial charge in [0.1, 0.15) is 6.04 Å². The first-order valence-corrected chi connectivity index (χ1v) is 7.69. The van der Waals surface area contributed by atoms with Gasteiger partial charge in [0.2, 0.25) is 0 Å². The topological polar surface area (TPSA) is 87.2 Å². The lowest BCUT2D eigenvalue weighted by Gasteiger charge is -2.35. The molecule has 0 aliphatic carbocycles.